The van der Waals surface area contributed by atoms with E-state index in [4.69, 9.17) is 0 Å². The number of carbonyl (C=O) groups is 2. The molecule has 2 rings (SSSR count). The Hall–Kier alpha value is -2.76. The number of nitrogens with one attached hydrogen (secondary N) is 1. The maximum Gasteiger partial charge on any atom is 0.325 e. The number of hydrogen-bond donors (Lipinski definition) is 1. The number of methoxy groups -OCH3 is 1. The van der Waals surface area contributed by atoms with Crippen LogP contribution in [-0.2, 0) is 15.5 Å². The Kier molecular flexibility index (Phi) is 5.05. The molecule has 0 aromatic heterocycles. The van der Waals surface area contributed by atoms with Crippen LogP contribution in [0.5, 0.6) is 0 Å². The highest BCUT2D eigenvalue weighted by Gasteiger charge is 2.33. The molecule has 0 heterocycles. The SMILES string of the molecule is COC(=O)CNC(=O)c1ccc(C(F)(F)c2ccccc2)cc1. The molecule has 0 aliphatic rings. The van der Waals surface area contributed by atoms with Gasteiger partial charge in [-0.3, -0.25) is 9.59 Å². The zero-order valence-electron chi connectivity index (χ0n) is 12.4. The molecule has 0 spiro atoms. The number of hydrogen-bond acceptors (Lipinski definition) is 3. The van der Waals surface area contributed by atoms with E-state index in [1.807, 2.05) is 0 Å². The van der Waals surface area contributed by atoms with Crippen LogP contribution in [0, 0.1) is 0 Å². The van der Waals surface area contributed by atoms with E-state index in [2.05, 4.69) is 10.1 Å². The summed E-state index contributed by atoms with van der Waals surface area (Å²) in [4.78, 5) is 22.7. The van der Waals surface area contributed by atoms with Crippen molar-refractivity contribution >= 4 is 11.9 Å². The Labute approximate surface area is 132 Å². The Morgan fingerprint density at radius 2 is 1.57 bits per heavy atom. The third kappa shape index (κ3) is 3.91. The second-order valence-corrected chi connectivity index (χ2v) is 4.78. The van der Waals surface area contributed by atoms with Crippen LogP contribution in [0.1, 0.15) is 21.5 Å². The van der Waals surface area contributed by atoms with Crippen LogP contribution in [0.15, 0.2) is 54.6 Å². The summed E-state index contributed by atoms with van der Waals surface area (Å²) in [5.74, 6) is -4.28. The Morgan fingerprint density at radius 3 is 2.13 bits per heavy atom. The van der Waals surface area contributed by atoms with Gasteiger partial charge in [0.2, 0.25) is 0 Å². The third-order valence-electron chi connectivity index (χ3n) is 3.27. The standard InChI is InChI=1S/C17H15F2NO3/c1-23-15(21)11-20-16(22)12-7-9-14(10-8-12)17(18,19)13-5-3-2-4-6-13/h2-10H,11H2,1H3,(H,20,22). The fourth-order valence-electron chi connectivity index (χ4n) is 1.97. The highest BCUT2D eigenvalue weighted by atomic mass is 19.3. The lowest BCUT2D eigenvalue weighted by molar-refractivity contribution is -0.139. The molecule has 120 valence electrons. The minimum absolute atomic E-state index is 0.122. The van der Waals surface area contributed by atoms with E-state index >= 15 is 0 Å². The molecule has 0 unspecified atom stereocenters. The van der Waals surface area contributed by atoms with Gasteiger partial charge in [0.15, 0.2) is 0 Å². The highest BCUT2D eigenvalue weighted by molar-refractivity contribution is 5.95. The molecule has 0 fully saturated rings. The summed E-state index contributed by atoms with van der Waals surface area (Å²) < 4.78 is 33.1. The second kappa shape index (κ2) is 7.00. The molecule has 0 aliphatic heterocycles. The van der Waals surface area contributed by atoms with Gasteiger partial charge in [0.1, 0.15) is 6.54 Å². The molecular weight excluding hydrogens is 304 g/mol. The molecule has 0 saturated heterocycles. The minimum Gasteiger partial charge on any atom is -0.468 e. The average Bonchev–Trinajstić information content (AvgIpc) is 2.60. The second-order valence-electron chi connectivity index (χ2n) is 4.78. The maximum absolute atomic E-state index is 14.4. The first-order valence-corrected chi connectivity index (χ1v) is 6.84. The number of alkyl halides is 2. The fraction of sp³-hybridized carbons (Fsp3) is 0.176. The molecule has 0 atom stereocenters. The summed E-state index contributed by atoms with van der Waals surface area (Å²) >= 11 is 0. The predicted octanol–water partition coefficient (Wildman–Crippen LogP) is 2.73. The topological polar surface area (TPSA) is 55.4 Å². The molecule has 4 nitrogen and oxygen atoms in total. The van der Waals surface area contributed by atoms with Crippen molar-refractivity contribution in [2.75, 3.05) is 13.7 Å². The minimum atomic E-state index is -3.15. The first-order chi connectivity index (χ1) is 10.9. The van der Waals surface area contributed by atoms with Gasteiger partial charge in [0.05, 0.1) is 7.11 Å². The molecule has 2 aromatic carbocycles. The van der Waals surface area contributed by atoms with Crippen molar-refractivity contribution < 1.29 is 23.1 Å². The van der Waals surface area contributed by atoms with E-state index in [9.17, 15) is 18.4 Å². The van der Waals surface area contributed by atoms with Crippen molar-refractivity contribution in [3.05, 3.63) is 71.3 Å². The number of carbonyl (C=O) groups excluding carboxylic acids is 2. The Morgan fingerprint density at radius 1 is 1.00 bits per heavy atom. The molecular formula is C17H15F2NO3. The van der Waals surface area contributed by atoms with Gasteiger partial charge < -0.3 is 10.1 Å². The van der Waals surface area contributed by atoms with Gasteiger partial charge in [0, 0.05) is 16.7 Å². The lowest BCUT2D eigenvalue weighted by Gasteiger charge is -2.17. The number of esters is 1. The quantitative estimate of drug-likeness (QED) is 0.862. The Bertz CT molecular complexity index is 685. The van der Waals surface area contributed by atoms with E-state index < -0.39 is 17.8 Å². The van der Waals surface area contributed by atoms with Crippen LogP contribution in [0.3, 0.4) is 0 Å². The lowest BCUT2D eigenvalue weighted by Crippen LogP contribution is -2.30. The summed E-state index contributed by atoms with van der Waals surface area (Å²) in [6.07, 6.45) is 0. The number of amides is 1. The van der Waals surface area contributed by atoms with Crippen molar-refractivity contribution in [2.45, 2.75) is 5.92 Å². The first kappa shape index (κ1) is 16.6. The summed E-state index contributed by atoms with van der Waals surface area (Å²) in [5.41, 5.74) is -0.155. The molecule has 1 amide bonds. The highest BCUT2D eigenvalue weighted by Crippen LogP contribution is 2.35. The zero-order valence-corrected chi connectivity index (χ0v) is 12.4. The van der Waals surface area contributed by atoms with Gasteiger partial charge >= 0.3 is 5.97 Å². The van der Waals surface area contributed by atoms with Gasteiger partial charge in [-0.25, -0.2) is 0 Å². The molecule has 6 heteroatoms. The molecule has 0 radical (unpaired) electrons. The van der Waals surface area contributed by atoms with Crippen molar-refractivity contribution in [2.24, 2.45) is 0 Å². The van der Waals surface area contributed by atoms with Crippen molar-refractivity contribution in [1.82, 2.24) is 5.32 Å². The predicted molar refractivity (Wildman–Crippen MR) is 80.2 cm³/mol. The lowest BCUT2D eigenvalue weighted by atomic mass is 9.99. The van der Waals surface area contributed by atoms with E-state index in [-0.39, 0.29) is 23.2 Å². The number of rotatable bonds is 5. The van der Waals surface area contributed by atoms with E-state index in [1.165, 1.54) is 55.6 Å². The molecule has 0 aliphatic carbocycles. The molecule has 0 saturated carbocycles. The molecule has 2 aromatic rings. The van der Waals surface area contributed by atoms with Crippen molar-refractivity contribution in [3.63, 3.8) is 0 Å². The van der Waals surface area contributed by atoms with Crippen LogP contribution in [0.2, 0.25) is 0 Å². The number of benzene rings is 2. The first-order valence-electron chi connectivity index (χ1n) is 6.84. The maximum atomic E-state index is 14.4. The van der Waals surface area contributed by atoms with Crippen molar-refractivity contribution in [1.29, 1.82) is 0 Å². The summed E-state index contributed by atoms with van der Waals surface area (Å²) in [7, 11) is 1.20. The fourth-order valence-corrected chi connectivity index (χ4v) is 1.97. The normalized spacial score (nSPS) is 10.9. The summed E-state index contributed by atoms with van der Waals surface area (Å²) in [5, 5.41) is 2.34. The van der Waals surface area contributed by atoms with E-state index in [1.54, 1.807) is 6.07 Å². The van der Waals surface area contributed by atoms with E-state index in [0.717, 1.165) is 0 Å². The van der Waals surface area contributed by atoms with E-state index in [0.29, 0.717) is 0 Å². The smallest absolute Gasteiger partial charge is 0.325 e. The summed E-state index contributed by atoms with van der Waals surface area (Å²) in [6, 6.07) is 12.4. The third-order valence-corrected chi connectivity index (χ3v) is 3.27. The van der Waals surface area contributed by atoms with Crippen LogP contribution in [0.25, 0.3) is 0 Å². The van der Waals surface area contributed by atoms with Crippen LogP contribution in [0.4, 0.5) is 8.78 Å². The van der Waals surface area contributed by atoms with Crippen LogP contribution < -0.4 is 5.32 Å². The largest absolute Gasteiger partial charge is 0.468 e. The van der Waals surface area contributed by atoms with Gasteiger partial charge in [0.25, 0.3) is 11.8 Å². The summed E-state index contributed by atoms with van der Waals surface area (Å²) in [6.45, 7) is -0.280. The van der Waals surface area contributed by atoms with Gasteiger partial charge in [-0.1, -0.05) is 42.5 Å². The number of ether oxygens (including phenoxy) is 1. The zero-order chi connectivity index (χ0) is 16.9. The monoisotopic (exact) mass is 319 g/mol. The van der Waals surface area contributed by atoms with Crippen LogP contribution >= 0.6 is 0 Å². The molecule has 23 heavy (non-hydrogen) atoms. The molecule has 1 N–H and O–H groups in total. The van der Waals surface area contributed by atoms with Gasteiger partial charge in [-0.05, 0) is 12.1 Å². The number of halogens is 2. The molecule has 0 bridgehead atoms. The Balaban J connectivity index is 2.13. The van der Waals surface area contributed by atoms with Gasteiger partial charge in [-0.2, -0.15) is 8.78 Å². The average molecular weight is 319 g/mol. The van der Waals surface area contributed by atoms with Crippen LogP contribution in [-0.4, -0.2) is 25.5 Å². The van der Waals surface area contributed by atoms with Crippen molar-refractivity contribution in [3.8, 4) is 0 Å². The van der Waals surface area contributed by atoms with Gasteiger partial charge in [-0.15, -0.1) is 0 Å².